The summed E-state index contributed by atoms with van der Waals surface area (Å²) >= 11 is 0. The second-order valence-corrected chi connectivity index (χ2v) is 5.86. The summed E-state index contributed by atoms with van der Waals surface area (Å²) in [5.74, 6) is 0.957. The minimum Gasteiger partial charge on any atom is -0.494 e. The van der Waals surface area contributed by atoms with Crippen molar-refractivity contribution in [3.8, 4) is 5.75 Å². The number of hydrogen-bond acceptors (Lipinski definition) is 3. The molecule has 106 valence electrons. The van der Waals surface area contributed by atoms with Gasteiger partial charge in [0.15, 0.2) is 0 Å². The van der Waals surface area contributed by atoms with E-state index in [4.69, 9.17) is 4.74 Å². The molecule has 1 N–H and O–H groups in total. The zero-order valence-corrected chi connectivity index (χ0v) is 12.6. The van der Waals surface area contributed by atoms with E-state index in [9.17, 15) is 0 Å². The zero-order valence-electron chi connectivity index (χ0n) is 12.6. The lowest BCUT2D eigenvalue weighted by Crippen LogP contribution is -2.58. The maximum atomic E-state index is 5.50. The summed E-state index contributed by atoms with van der Waals surface area (Å²) in [4.78, 5) is 2.58. The fourth-order valence-corrected chi connectivity index (χ4v) is 2.91. The Morgan fingerprint density at radius 2 is 2.00 bits per heavy atom. The van der Waals surface area contributed by atoms with Crippen LogP contribution in [0.2, 0.25) is 0 Å². The van der Waals surface area contributed by atoms with Crippen LogP contribution in [0.4, 0.5) is 0 Å². The Labute approximate surface area is 116 Å². The molecule has 2 rings (SSSR count). The summed E-state index contributed by atoms with van der Waals surface area (Å²) in [6.07, 6.45) is 0. The molecule has 0 aromatic heterocycles. The van der Waals surface area contributed by atoms with Gasteiger partial charge in [-0.05, 0) is 45.4 Å². The number of benzene rings is 1. The summed E-state index contributed by atoms with van der Waals surface area (Å²) in [6.45, 7) is 12.9. The molecule has 1 atom stereocenters. The molecule has 1 aliphatic heterocycles. The van der Waals surface area contributed by atoms with Crippen molar-refractivity contribution in [3.63, 3.8) is 0 Å². The Balaban J connectivity index is 2.11. The average Bonchev–Trinajstić information content (AvgIpc) is 2.39. The molecule has 1 aromatic carbocycles. The van der Waals surface area contributed by atoms with Gasteiger partial charge in [-0.25, -0.2) is 0 Å². The highest BCUT2D eigenvalue weighted by Gasteiger charge is 2.33. The van der Waals surface area contributed by atoms with Crippen LogP contribution in [0.15, 0.2) is 24.3 Å². The van der Waals surface area contributed by atoms with Crippen molar-refractivity contribution in [2.24, 2.45) is 0 Å². The van der Waals surface area contributed by atoms with Crippen LogP contribution >= 0.6 is 0 Å². The van der Waals surface area contributed by atoms with Gasteiger partial charge in [0.2, 0.25) is 0 Å². The number of ether oxygens (including phenoxy) is 1. The van der Waals surface area contributed by atoms with E-state index in [0.29, 0.717) is 6.04 Å². The van der Waals surface area contributed by atoms with Crippen LogP contribution in [0.3, 0.4) is 0 Å². The first-order valence-corrected chi connectivity index (χ1v) is 7.25. The van der Waals surface area contributed by atoms with Crippen molar-refractivity contribution >= 4 is 0 Å². The van der Waals surface area contributed by atoms with Crippen molar-refractivity contribution in [2.45, 2.75) is 39.3 Å². The van der Waals surface area contributed by atoms with Crippen molar-refractivity contribution in [1.29, 1.82) is 0 Å². The van der Waals surface area contributed by atoms with Crippen molar-refractivity contribution in [3.05, 3.63) is 29.8 Å². The maximum Gasteiger partial charge on any atom is 0.119 e. The lowest BCUT2D eigenvalue weighted by molar-refractivity contribution is 0.0516. The van der Waals surface area contributed by atoms with Crippen molar-refractivity contribution in [1.82, 2.24) is 10.2 Å². The second-order valence-electron chi connectivity index (χ2n) is 5.86. The van der Waals surface area contributed by atoms with Gasteiger partial charge in [-0.15, -0.1) is 0 Å². The molecule has 0 aliphatic carbocycles. The molecule has 1 heterocycles. The van der Waals surface area contributed by atoms with Gasteiger partial charge in [-0.1, -0.05) is 12.1 Å². The van der Waals surface area contributed by atoms with E-state index in [1.165, 1.54) is 5.56 Å². The molecule has 1 aromatic rings. The first-order valence-electron chi connectivity index (χ1n) is 7.25. The first kappa shape index (κ1) is 14.4. The predicted molar refractivity (Wildman–Crippen MR) is 79.7 cm³/mol. The molecule has 19 heavy (non-hydrogen) atoms. The van der Waals surface area contributed by atoms with Crippen molar-refractivity contribution in [2.75, 3.05) is 26.2 Å². The van der Waals surface area contributed by atoms with E-state index in [0.717, 1.165) is 32.0 Å². The molecule has 3 nitrogen and oxygen atoms in total. The van der Waals surface area contributed by atoms with Crippen LogP contribution in [0.5, 0.6) is 5.75 Å². The van der Waals surface area contributed by atoms with Gasteiger partial charge in [0.05, 0.1) is 6.61 Å². The number of nitrogens with zero attached hydrogens (tertiary/aromatic N) is 1. The number of hydrogen-bond donors (Lipinski definition) is 1. The molecule has 1 fully saturated rings. The summed E-state index contributed by atoms with van der Waals surface area (Å²) in [6, 6.07) is 8.96. The highest BCUT2D eigenvalue weighted by molar-refractivity contribution is 5.29. The van der Waals surface area contributed by atoms with Crippen LogP contribution in [0.25, 0.3) is 0 Å². The monoisotopic (exact) mass is 262 g/mol. The second kappa shape index (κ2) is 5.93. The fraction of sp³-hybridized carbons (Fsp3) is 0.625. The molecule has 0 amide bonds. The Morgan fingerprint density at radius 1 is 1.32 bits per heavy atom. The van der Waals surface area contributed by atoms with Crippen molar-refractivity contribution < 1.29 is 4.74 Å². The fourth-order valence-electron chi connectivity index (χ4n) is 2.91. The van der Waals surface area contributed by atoms with E-state index in [1.807, 2.05) is 6.92 Å². The molecule has 0 spiro atoms. The van der Waals surface area contributed by atoms with Crippen LogP contribution in [0, 0.1) is 0 Å². The van der Waals surface area contributed by atoms with Crippen LogP contribution in [-0.4, -0.2) is 36.7 Å². The average molecular weight is 262 g/mol. The summed E-state index contributed by atoms with van der Waals surface area (Å²) in [5, 5.41) is 3.48. The van der Waals surface area contributed by atoms with Gasteiger partial charge < -0.3 is 10.1 Å². The minimum atomic E-state index is 0.205. The maximum absolute atomic E-state index is 5.50. The minimum absolute atomic E-state index is 0.205. The summed E-state index contributed by atoms with van der Waals surface area (Å²) < 4.78 is 5.50. The molecule has 0 saturated carbocycles. The normalized spacial score (nSPS) is 21.1. The van der Waals surface area contributed by atoms with Gasteiger partial charge in [0.25, 0.3) is 0 Å². The van der Waals surface area contributed by atoms with E-state index in [-0.39, 0.29) is 5.54 Å². The Morgan fingerprint density at radius 3 is 2.58 bits per heavy atom. The summed E-state index contributed by atoms with van der Waals surface area (Å²) in [5.41, 5.74) is 1.56. The van der Waals surface area contributed by atoms with E-state index < -0.39 is 0 Å². The number of nitrogens with one attached hydrogen (secondary N) is 1. The molecular weight excluding hydrogens is 236 g/mol. The van der Waals surface area contributed by atoms with E-state index in [2.05, 4.69) is 55.3 Å². The molecule has 1 unspecified atom stereocenters. The largest absolute Gasteiger partial charge is 0.494 e. The Bertz CT molecular complexity index is 400. The lowest BCUT2D eigenvalue weighted by atomic mass is 9.95. The standard InChI is InChI=1S/C16H26N2O/c1-5-19-15-8-6-14(7-9-15)13(2)18-11-10-17-12-16(18,3)4/h6-9,13,17H,5,10-12H2,1-4H3. The van der Waals surface area contributed by atoms with Gasteiger partial charge in [0, 0.05) is 31.2 Å². The molecule has 0 radical (unpaired) electrons. The van der Waals surface area contributed by atoms with E-state index in [1.54, 1.807) is 0 Å². The highest BCUT2D eigenvalue weighted by atomic mass is 16.5. The van der Waals surface area contributed by atoms with Crippen LogP contribution in [0.1, 0.15) is 39.3 Å². The molecule has 1 aliphatic rings. The molecular formula is C16H26N2O. The van der Waals surface area contributed by atoms with Crippen LogP contribution in [-0.2, 0) is 0 Å². The Hall–Kier alpha value is -1.06. The van der Waals surface area contributed by atoms with Crippen LogP contribution < -0.4 is 10.1 Å². The SMILES string of the molecule is CCOc1ccc(C(C)N2CCNCC2(C)C)cc1. The smallest absolute Gasteiger partial charge is 0.119 e. The Kier molecular flexibility index (Phi) is 4.48. The predicted octanol–water partition coefficient (Wildman–Crippen LogP) is 2.83. The first-order chi connectivity index (χ1) is 9.04. The molecule has 3 heteroatoms. The quantitative estimate of drug-likeness (QED) is 0.903. The molecule has 1 saturated heterocycles. The van der Waals surface area contributed by atoms with Gasteiger partial charge in [-0.3, -0.25) is 4.90 Å². The van der Waals surface area contributed by atoms with E-state index >= 15 is 0 Å². The van der Waals surface area contributed by atoms with Gasteiger partial charge in [0.1, 0.15) is 5.75 Å². The number of piperazine rings is 1. The number of rotatable bonds is 4. The summed E-state index contributed by atoms with van der Waals surface area (Å²) in [7, 11) is 0. The van der Waals surface area contributed by atoms with Gasteiger partial charge in [-0.2, -0.15) is 0 Å². The molecule has 0 bridgehead atoms. The third kappa shape index (κ3) is 3.28. The lowest BCUT2D eigenvalue weighted by Gasteiger charge is -2.46. The zero-order chi connectivity index (χ0) is 13.9. The third-order valence-electron chi connectivity index (χ3n) is 4.01. The third-order valence-corrected chi connectivity index (χ3v) is 4.01. The topological polar surface area (TPSA) is 24.5 Å². The highest BCUT2D eigenvalue weighted by Crippen LogP contribution is 2.29. The van der Waals surface area contributed by atoms with Gasteiger partial charge >= 0.3 is 0 Å².